The molecule has 6 heteroatoms. The van der Waals surface area contributed by atoms with Gasteiger partial charge in [-0.15, -0.1) is 11.8 Å². The van der Waals surface area contributed by atoms with E-state index in [0.29, 0.717) is 6.42 Å². The molecule has 0 aliphatic carbocycles. The molecule has 0 aliphatic rings. The molecule has 0 aromatic heterocycles. The maximum absolute atomic E-state index is 13.2. The lowest BCUT2D eigenvalue weighted by atomic mass is 10.1. The number of rotatable bonds is 9. The summed E-state index contributed by atoms with van der Waals surface area (Å²) in [4.78, 5) is 26.2. The zero-order valence-electron chi connectivity index (χ0n) is 17.3. The van der Waals surface area contributed by atoms with E-state index in [1.807, 2.05) is 78.9 Å². The molecule has 3 aromatic rings. The van der Waals surface area contributed by atoms with Crippen LogP contribution in [0.4, 0.5) is 11.4 Å². The van der Waals surface area contributed by atoms with E-state index in [1.54, 1.807) is 0 Å². The lowest BCUT2D eigenvalue weighted by Gasteiger charge is -2.18. The van der Waals surface area contributed by atoms with Crippen molar-refractivity contribution in [2.45, 2.75) is 36.3 Å². The summed E-state index contributed by atoms with van der Waals surface area (Å²) >= 11 is 3.71. The van der Waals surface area contributed by atoms with Crippen molar-refractivity contribution in [1.82, 2.24) is 0 Å². The first kappa shape index (κ1) is 23.3. The quantitative estimate of drug-likeness (QED) is 0.228. The van der Waals surface area contributed by atoms with Gasteiger partial charge in [0.2, 0.25) is 11.8 Å². The van der Waals surface area contributed by atoms with E-state index in [4.69, 9.17) is 0 Å². The van der Waals surface area contributed by atoms with Crippen molar-refractivity contribution in [2.24, 2.45) is 0 Å². The van der Waals surface area contributed by atoms with Crippen molar-refractivity contribution in [3.63, 3.8) is 0 Å². The van der Waals surface area contributed by atoms with Gasteiger partial charge in [-0.1, -0.05) is 49.7 Å². The Kier molecular flexibility index (Phi) is 8.97. The van der Waals surface area contributed by atoms with Gasteiger partial charge < -0.3 is 10.6 Å². The number of carbonyl (C=O) groups is 2. The maximum Gasteiger partial charge on any atom is 0.242 e. The summed E-state index contributed by atoms with van der Waals surface area (Å²) in [6.45, 7) is 2.07. The van der Waals surface area contributed by atoms with Crippen molar-refractivity contribution in [2.75, 3.05) is 10.6 Å². The summed E-state index contributed by atoms with van der Waals surface area (Å²) in [7, 11) is 0. The van der Waals surface area contributed by atoms with Gasteiger partial charge in [-0.25, -0.2) is 0 Å². The first-order valence-corrected chi connectivity index (χ1v) is 12.2. The molecule has 0 fully saturated rings. The third-order valence-electron chi connectivity index (χ3n) is 4.58. The smallest absolute Gasteiger partial charge is 0.242 e. The van der Waals surface area contributed by atoms with Crippen LogP contribution in [0.2, 0.25) is 0 Å². The van der Waals surface area contributed by atoms with Crippen LogP contribution in [0.1, 0.15) is 37.0 Å². The minimum Gasteiger partial charge on any atom is -0.326 e. The van der Waals surface area contributed by atoms with E-state index in [9.17, 15) is 9.59 Å². The third-order valence-corrected chi connectivity index (χ3v) is 6.55. The van der Waals surface area contributed by atoms with E-state index in [-0.39, 0.29) is 11.8 Å². The number of hydrogen-bond acceptors (Lipinski definition) is 3. The van der Waals surface area contributed by atoms with Crippen molar-refractivity contribution >= 4 is 57.5 Å². The summed E-state index contributed by atoms with van der Waals surface area (Å²) in [6, 6.07) is 25.1. The van der Waals surface area contributed by atoms with E-state index in [0.717, 1.165) is 38.2 Å². The van der Waals surface area contributed by atoms with Gasteiger partial charge in [0, 0.05) is 26.3 Å². The number of unbranched alkanes of at least 4 members (excludes halogenated alkanes) is 1. The number of halogens is 1. The standard InChI is InChI=1S/C25H25IN2O2S/c1-2-3-12-23(29)27-21-10-7-11-22(17-21)31-24(18-8-5-4-6-9-18)25(30)28-20-15-13-19(26)14-16-20/h4-11,13-17,24H,2-3,12H2,1H3,(H,27,29)(H,28,30). The minimum atomic E-state index is -0.425. The monoisotopic (exact) mass is 544 g/mol. The molecule has 3 aromatic carbocycles. The van der Waals surface area contributed by atoms with Gasteiger partial charge in [0.1, 0.15) is 5.25 Å². The Labute approximate surface area is 201 Å². The number of carbonyl (C=O) groups excluding carboxylic acids is 2. The lowest BCUT2D eigenvalue weighted by molar-refractivity contribution is -0.116. The van der Waals surface area contributed by atoms with Gasteiger partial charge in [-0.3, -0.25) is 9.59 Å². The fourth-order valence-electron chi connectivity index (χ4n) is 2.99. The molecule has 0 radical (unpaired) electrons. The second-order valence-electron chi connectivity index (χ2n) is 7.08. The van der Waals surface area contributed by atoms with Crippen molar-refractivity contribution in [3.8, 4) is 0 Å². The fourth-order valence-corrected chi connectivity index (χ4v) is 4.43. The van der Waals surface area contributed by atoms with Crippen LogP contribution in [0.5, 0.6) is 0 Å². The Morgan fingerprint density at radius 3 is 2.35 bits per heavy atom. The summed E-state index contributed by atoms with van der Waals surface area (Å²) in [6.07, 6.45) is 2.37. The molecule has 2 amide bonds. The first-order valence-electron chi connectivity index (χ1n) is 10.2. The molecule has 2 N–H and O–H groups in total. The number of nitrogens with one attached hydrogen (secondary N) is 2. The average molecular weight is 544 g/mol. The van der Waals surface area contributed by atoms with Crippen LogP contribution >= 0.6 is 34.4 Å². The highest BCUT2D eigenvalue weighted by molar-refractivity contribution is 14.1. The molecule has 0 heterocycles. The van der Waals surface area contributed by atoms with Crippen LogP contribution in [0, 0.1) is 3.57 Å². The average Bonchev–Trinajstić information content (AvgIpc) is 2.78. The van der Waals surface area contributed by atoms with Crippen molar-refractivity contribution in [3.05, 3.63) is 88.0 Å². The molecule has 4 nitrogen and oxygen atoms in total. The zero-order chi connectivity index (χ0) is 22.1. The number of anilines is 2. The minimum absolute atomic E-state index is 0.0139. The number of benzene rings is 3. The highest BCUT2D eigenvalue weighted by Gasteiger charge is 2.22. The van der Waals surface area contributed by atoms with Crippen LogP contribution in [0.25, 0.3) is 0 Å². The summed E-state index contributed by atoms with van der Waals surface area (Å²) in [5, 5.41) is 5.55. The predicted molar refractivity (Wildman–Crippen MR) is 137 cm³/mol. The highest BCUT2D eigenvalue weighted by Crippen LogP contribution is 2.37. The topological polar surface area (TPSA) is 58.2 Å². The van der Waals surface area contributed by atoms with Crippen LogP contribution in [0.15, 0.2) is 83.8 Å². The van der Waals surface area contributed by atoms with Crippen LogP contribution < -0.4 is 10.6 Å². The molecule has 0 saturated heterocycles. The van der Waals surface area contributed by atoms with Crippen LogP contribution in [0.3, 0.4) is 0 Å². The Hall–Kier alpha value is -2.32. The van der Waals surface area contributed by atoms with Gasteiger partial charge in [0.15, 0.2) is 0 Å². The number of thioether (sulfide) groups is 1. The largest absolute Gasteiger partial charge is 0.326 e. The van der Waals surface area contributed by atoms with Crippen molar-refractivity contribution in [1.29, 1.82) is 0 Å². The fraction of sp³-hybridized carbons (Fsp3) is 0.200. The molecule has 1 unspecified atom stereocenters. The molecular weight excluding hydrogens is 519 g/mol. The maximum atomic E-state index is 13.2. The highest BCUT2D eigenvalue weighted by atomic mass is 127. The SMILES string of the molecule is CCCCC(=O)Nc1cccc(SC(C(=O)Nc2ccc(I)cc2)c2ccccc2)c1. The molecule has 0 spiro atoms. The van der Waals surface area contributed by atoms with Gasteiger partial charge in [0.25, 0.3) is 0 Å². The Bertz CT molecular complexity index is 1010. The van der Waals surface area contributed by atoms with E-state index < -0.39 is 5.25 Å². The molecule has 1 atom stereocenters. The first-order chi connectivity index (χ1) is 15.0. The lowest BCUT2D eigenvalue weighted by Crippen LogP contribution is -2.19. The van der Waals surface area contributed by atoms with E-state index in [1.165, 1.54) is 11.8 Å². The van der Waals surface area contributed by atoms with Crippen LogP contribution in [-0.4, -0.2) is 11.8 Å². The Morgan fingerprint density at radius 1 is 0.903 bits per heavy atom. The Morgan fingerprint density at radius 2 is 1.65 bits per heavy atom. The Balaban J connectivity index is 1.77. The predicted octanol–water partition coefficient (Wildman–Crippen LogP) is 6.89. The molecule has 0 aliphatic heterocycles. The summed E-state index contributed by atoms with van der Waals surface area (Å²) < 4.78 is 1.11. The second-order valence-corrected chi connectivity index (χ2v) is 9.51. The normalized spacial score (nSPS) is 11.5. The van der Waals surface area contributed by atoms with Gasteiger partial charge in [-0.2, -0.15) is 0 Å². The molecule has 0 saturated carbocycles. The van der Waals surface area contributed by atoms with E-state index in [2.05, 4.69) is 40.1 Å². The molecule has 0 bridgehead atoms. The molecule has 160 valence electrons. The molecule has 31 heavy (non-hydrogen) atoms. The zero-order valence-corrected chi connectivity index (χ0v) is 20.3. The number of amides is 2. The van der Waals surface area contributed by atoms with Crippen LogP contribution in [-0.2, 0) is 9.59 Å². The molecule has 3 rings (SSSR count). The van der Waals surface area contributed by atoms with Gasteiger partial charge in [-0.05, 0) is 77.0 Å². The third kappa shape index (κ3) is 7.40. The van der Waals surface area contributed by atoms with E-state index >= 15 is 0 Å². The number of hydrogen-bond donors (Lipinski definition) is 2. The van der Waals surface area contributed by atoms with Gasteiger partial charge >= 0.3 is 0 Å². The summed E-state index contributed by atoms with van der Waals surface area (Å²) in [5.41, 5.74) is 2.44. The van der Waals surface area contributed by atoms with Crippen molar-refractivity contribution < 1.29 is 9.59 Å². The second kappa shape index (κ2) is 11.9. The summed E-state index contributed by atoms with van der Waals surface area (Å²) in [5.74, 6) is -0.0742. The molecular formula is C25H25IN2O2S. The van der Waals surface area contributed by atoms with Gasteiger partial charge in [0.05, 0.1) is 0 Å².